The van der Waals surface area contributed by atoms with Crippen molar-refractivity contribution in [3.8, 4) is 27.9 Å². The highest BCUT2D eigenvalue weighted by atomic mass is 16.3. The molecular weight excluding hydrogens is 631 g/mol. The van der Waals surface area contributed by atoms with E-state index < -0.39 is 0 Å². The van der Waals surface area contributed by atoms with Crippen LogP contribution in [0, 0.1) is 11.8 Å². The molecule has 0 radical (unpaired) electrons. The first-order valence-electron chi connectivity index (χ1n) is 18.5. The lowest BCUT2D eigenvalue weighted by molar-refractivity contribution is 0.585. The fourth-order valence-corrected chi connectivity index (χ4v) is 9.53. The zero-order valence-corrected chi connectivity index (χ0v) is 29.5. The molecule has 6 aromatic carbocycles. The highest BCUT2D eigenvalue weighted by Crippen LogP contribution is 2.53. The monoisotopic (exact) mass is 667 g/mol. The zero-order valence-electron chi connectivity index (χ0n) is 29.5. The second-order valence-electron chi connectivity index (χ2n) is 15.3. The van der Waals surface area contributed by atoms with Gasteiger partial charge < -0.3 is 8.98 Å². The summed E-state index contributed by atoms with van der Waals surface area (Å²) in [5.74, 6) is 0.964. The van der Waals surface area contributed by atoms with Gasteiger partial charge in [0.2, 0.25) is 0 Å². The maximum atomic E-state index is 6.33. The number of benzene rings is 6. The molecule has 0 aliphatic heterocycles. The molecule has 0 saturated heterocycles. The topological polar surface area (TPSA) is 18.1 Å². The number of nitrogens with zero attached hydrogens (tertiary/aromatic N) is 1. The van der Waals surface area contributed by atoms with E-state index in [4.69, 9.17) is 4.42 Å². The molecule has 0 fully saturated rings. The maximum absolute atomic E-state index is 6.33. The summed E-state index contributed by atoms with van der Waals surface area (Å²) in [4.78, 5) is 0. The number of aromatic nitrogens is 1. The zero-order chi connectivity index (χ0) is 34.7. The minimum atomic E-state index is -0.196. The van der Waals surface area contributed by atoms with E-state index in [2.05, 4.69) is 183 Å². The Balaban J connectivity index is 1.02. The van der Waals surface area contributed by atoms with Crippen molar-refractivity contribution in [1.82, 2.24) is 4.57 Å². The average molecular weight is 668 g/mol. The molecule has 52 heavy (non-hydrogen) atoms. The predicted octanol–water partition coefficient (Wildman–Crippen LogP) is 13.4. The lowest BCUT2D eigenvalue weighted by atomic mass is 9.76. The molecule has 248 valence electrons. The van der Waals surface area contributed by atoms with Crippen molar-refractivity contribution in [3.63, 3.8) is 0 Å². The van der Waals surface area contributed by atoms with E-state index >= 15 is 0 Å². The Hall–Kier alpha value is -6.12. The summed E-state index contributed by atoms with van der Waals surface area (Å²) in [6, 6.07) is 44.9. The van der Waals surface area contributed by atoms with Crippen LogP contribution in [0.4, 0.5) is 0 Å². The SMILES string of the molecule is CC1C=CC(c2ccc(-c3ccc4c(c3)c3ccccc3n4-c3ccc4c(c3)C(C)(C)c3c-4ccc4oc5ccccc5c34)cc2)=C2C=CC=CC21. The molecule has 3 aliphatic rings. The molecule has 2 heterocycles. The third-order valence-electron chi connectivity index (χ3n) is 12.1. The van der Waals surface area contributed by atoms with Crippen LogP contribution in [0.5, 0.6) is 0 Å². The normalized spacial score (nSPS) is 18.5. The van der Waals surface area contributed by atoms with Gasteiger partial charge >= 0.3 is 0 Å². The molecule has 3 aliphatic carbocycles. The third kappa shape index (κ3) is 4.07. The number of fused-ring (bicyclic) bond motifs is 11. The van der Waals surface area contributed by atoms with Crippen molar-refractivity contribution in [3.05, 3.63) is 180 Å². The maximum Gasteiger partial charge on any atom is 0.135 e. The minimum Gasteiger partial charge on any atom is -0.456 e. The summed E-state index contributed by atoms with van der Waals surface area (Å²) in [5, 5.41) is 4.96. The first-order valence-corrected chi connectivity index (χ1v) is 18.5. The Morgan fingerprint density at radius 2 is 1.35 bits per heavy atom. The van der Waals surface area contributed by atoms with Gasteiger partial charge in [-0.2, -0.15) is 0 Å². The summed E-state index contributed by atoms with van der Waals surface area (Å²) in [5.41, 5.74) is 17.1. The number of hydrogen-bond donors (Lipinski definition) is 0. The van der Waals surface area contributed by atoms with Gasteiger partial charge in [0.05, 0.1) is 11.0 Å². The summed E-state index contributed by atoms with van der Waals surface area (Å²) in [6.07, 6.45) is 13.6. The van der Waals surface area contributed by atoms with Gasteiger partial charge in [-0.3, -0.25) is 0 Å². The van der Waals surface area contributed by atoms with Crippen LogP contribution < -0.4 is 0 Å². The Morgan fingerprint density at radius 3 is 2.23 bits per heavy atom. The van der Waals surface area contributed by atoms with Gasteiger partial charge in [-0.25, -0.2) is 0 Å². The summed E-state index contributed by atoms with van der Waals surface area (Å²) >= 11 is 0. The second-order valence-corrected chi connectivity index (χ2v) is 15.3. The van der Waals surface area contributed by atoms with E-state index in [-0.39, 0.29) is 5.41 Å². The van der Waals surface area contributed by atoms with E-state index in [1.165, 1.54) is 88.4 Å². The molecular formula is C50H37NO. The number of rotatable bonds is 3. The average Bonchev–Trinajstić information content (AvgIpc) is 3.80. The van der Waals surface area contributed by atoms with Crippen LogP contribution in [0.1, 0.15) is 37.5 Å². The van der Waals surface area contributed by atoms with Gasteiger partial charge in [0.25, 0.3) is 0 Å². The molecule has 0 N–H and O–H groups in total. The van der Waals surface area contributed by atoms with Crippen LogP contribution in [-0.2, 0) is 5.41 Å². The van der Waals surface area contributed by atoms with Gasteiger partial charge in [0.15, 0.2) is 0 Å². The van der Waals surface area contributed by atoms with Crippen molar-refractivity contribution in [2.45, 2.75) is 26.2 Å². The molecule has 2 nitrogen and oxygen atoms in total. The summed E-state index contributed by atoms with van der Waals surface area (Å²) in [6.45, 7) is 7.05. The molecule has 2 aromatic heterocycles. The van der Waals surface area contributed by atoms with E-state index in [1.807, 2.05) is 0 Å². The molecule has 0 bridgehead atoms. The highest BCUT2D eigenvalue weighted by molar-refractivity contribution is 6.12. The minimum absolute atomic E-state index is 0.196. The lowest BCUT2D eigenvalue weighted by Crippen LogP contribution is -2.15. The van der Waals surface area contributed by atoms with E-state index in [0.717, 1.165) is 11.2 Å². The van der Waals surface area contributed by atoms with Crippen LogP contribution >= 0.6 is 0 Å². The van der Waals surface area contributed by atoms with E-state index in [1.54, 1.807) is 0 Å². The van der Waals surface area contributed by atoms with Gasteiger partial charge in [-0.1, -0.05) is 136 Å². The molecule has 8 aromatic rings. The van der Waals surface area contributed by atoms with Crippen molar-refractivity contribution >= 4 is 49.3 Å². The van der Waals surface area contributed by atoms with Crippen molar-refractivity contribution in [2.24, 2.45) is 11.8 Å². The Labute approximate surface area is 303 Å². The van der Waals surface area contributed by atoms with Gasteiger partial charge in [0, 0.05) is 38.6 Å². The number of allylic oxidation sites excluding steroid dienone is 8. The molecule has 2 atom stereocenters. The van der Waals surface area contributed by atoms with E-state index in [9.17, 15) is 0 Å². The second kappa shape index (κ2) is 10.7. The highest BCUT2D eigenvalue weighted by Gasteiger charge is 2.38. The lowest BCUT2D eigenvalue weighted by Gasteiger charge is -2.28. The number of para-hydroxylation sites is 2. The molecule has 2 heteroatoms. The fourth-order valence-electron chi connectivity index (χ4n) is 9.53. The van der Waals surface area contributed by atoms with Crippen LogP contribution in [0.2, 0.25) is 0 Å². The molecule has 0 saturated carbocycles. The third-order valence-corrected chi connectivity index (χ3v) is 12.1. The van der Waals surface area contributed by atoms with Gasteiger partial charge in [-0.15, -0.1) is 0 Å². The largest absolute Gasteiger partial charge is 0.456 e. The van der Waals surface area contributed by atoms with Crippen LogP contribution in [0.15, 0.2) is 168 Å². The summed E-state index contributed by atoms with van der Waals surface area (Å²) in [7, 11) is 0. The van der Waals surface area contributed by atoms with Crippen molar-refractivity contribution < 1.29 is 4.42 Å². The van der Waals surface area contributed by atoms with Crippen LogP contribution in [0.25, 0.3) is 77.3 Å². The van der Waals surface area contributed by atoms with Crippen molar-refractivity contribution in [1.29, 1.82) is 0 Å². The Kier molecular flexibility index (Phi) is 6.09. The Morgan fingerprint density at radius 1 is 0.596 bits per heavy atom. The standard InChI is InChI=1S/C50H37NO/c1-30-16-23-36(37-11-5-4-10-35(30)37)32-19-17-31(18-20-32)33-21-26-45-42(28-33)39-12-6-8-14-44(39)51(45)34-22-24-38-40-25-27-47-48(41-13-7-9-15-46(41)52-47)49(40)50(2,3)43(38)29-34/h4-30,35H,1-3H3. The van der Waals surface area contributed by atoms with Crippen LogP contribution in [0.3, 0.4) is 0 Å². The molecule has 0 amide bonds. The summed E-state index contributed by atoms with van der Waals surface area (Å²) < 4.78 is 8.78. The first kappa shape index (κ1) is 29.6. The fraction of sp³-hybridized carbons (Fsp3) is 0.120. The molecule has 11 rings (SSSR count). The number of hydrogen-bond acceptors (Lipinski definition) is 1. The molecule has 0 spiro atoms. The first-order chi connectivity index (χ1) is 25.5. The van der Waals surface area contributed by atoms with E-state index in [0.29, 0.717) is 11.8 Å². The van der Waals surface area contributed by atoms with Gasteiger partial charge in [-0.05, 0) is 98.5 Å². The van der Waals surface area contributed by atoms with Crippen LogP contribution in [-0.4, -0.2) is 4.57 Å². The van der Waals surface area contributed by atoms with Crippen molar-refractivity contribution in [2.75, 3.05) is 0 Å². The quantitative estimate of drug-likeness (QED) is 0.183. The molecule has 2 unspecified atom stereocenters. The smallest absolute Gasteiger partial charge is 0.135 e. The Bertz CT molecular complexity index is 2940. The number of furan rings is 1. The predicted molar refractivity (Wildman–Crippen MR) is 218 cm³/mol. The van der Waals surface area contributed by atoms with Gasteiger partial charge in [0.1, 0.15) is 11.2 Å².